The van der Waals surface area contributed by atoms with Crippen molar-refractivity contribution in [1.29, 1.82) is 0 Å². The van der Waals surface area contributed by atoms with Crippen LogP contribution < -0.4 is 15.1 Å². The molecule has 28 heavy (non-hydrogen) atoms. The monoisotopic (exact) mass is 382 g/mol. The number of carbonyl (C=O) groups excluding carboxylic acids is 1. The van der Waals surface area contributed by atoms with Gasteiger partial charge in [0.15, 0.2) is 5.78 Å². The van der Waals surface area contributed by atoms with Gasteiger partial charge in [-0.2, -0.15) is 0 Å². The minimum atomic E-state index is -0.889. The largest absolute Gasteiger partial charge is 0.496 e. The lowest BCUT2D eigenvalue weighted by Gasteiger charge is -2.09. The van der Waals surface area contributed by atoms with E-state index in [1.807, 2.05) is 0 Å². The van der Waals surface area contributed by atoms with Gasteiger partial charge in [-0.15, -0.1) is 0 Å². The number of benzene rings is 2. The predicted octanol–water partition coefficient (Wildman–Crippen LogP) is 3.06. The quantitative estimate of drug-likeness (QED) is 0.495. The lowest BCUT2D eigenvalue weighted by atomic mass is 10.0. The van der Waals surface area contributed by atoms with Gasteiger partial charge >= 0.3 is 11.6 Å². The Hall–Kier alpha value is -3.61. The van der Waals surface area contributed by atoms with E-state index in [4.69, 9.17) is 19.0 Å². The summed E-state index contributed by atoms with van der Waals surface area (Å²) in [6.07, 6.45) is 0.367. The number of hydrogen-bond donors (Lipinski definition) is 1. The molecule has 1 N–H and O–H groups in total. The highest BCUT2D eigenvalue weighted by molar-refractivity contribution is 6.10. The van der Waals surface area contributed by atoms with Gasteiger partial charge in [0, 0.05) is 24.1 Å². The number of rotatable bonds is 7. The first kappa shape index (κ1) is 19.2. The second kappa shape index (κ2) is 7.96. The molecular weight excluding hydrogens is 364 g/mol. The first-order valence-corrected chi connectivity index (χ1v) is 8.48. The van der Waals surface area contributed by atoms with E-state index in [9.17, 15) is 14.4 Å². The van der Waals surface area contributed by atoms with Gasteiger partial charge in [0.05, 0.1) is 19.6 Å². The zero-order valence-electron chi connectivity index (χ0n) is 15.4. The fourth-order valence-electron chi connectivity index (χ4n) is 2.84. The number of methoxy groups -OCH3 is 2. The molecule has 7 heteroatoms. The Balaban J connectivity index is 1.98. The van der Waals surface area contributed by atoms with Crippen LogP contribution in [0.5, 0.6) is 11.5 Å². The molecule has 0 aliphatic heterocycles. The Labute approximate surface area is 160 Å². The number of ketones is 1. The maximum atomic E-state index is 12.8. The lowest BCUT2D eigenvalue weighted by molar-refractivity contribution is -0.136. The second-order valence-corrected chi connectivity index (χ2v) is 6.11. The second-order valence-electron chi connectivity index (χ2n) is 6.11. The van der Waals surface area contributed by atoms with Crippen molar-refractivity contribution in [3.05, 3.63) is 69.6 Å². The standard InChI is InChI=1S/C21H18O7/c1-26-14-9-17(27-2)15-11-16(21(25)28-18(15)10-14)20(24)13-6-3-12(4-7-13)5-8-19(22)23/h3-4,6-7,9-11H,5,8H2,1-2H3,(H,22,23). The van der Waals surface area contributed by atoms with Crippen molar-refractivity contribution in [2.45, 2.75) is 12.8 Å². The van der Waals surface area contributed by atoms with E-state index in [-0.39, 0.29) is 17.6 Å². The van der Waals surface area contributed by atoms with Gasteiger partial charge in [-0.05, 0) is 18.1 Å². The van der Waals surface area contributed by atoms with E-state index in [1.165, 1.54) is 20.3 Å². The predicted molar refractivity (Wildman–Crippen MR) is 101 cm³/mol. The summed E-state index contributed by atoms with van der Waals surface area (Å²) < 4.78 is 15.8. The average Bonchev–Trinajstić information content (AvgIpc) is 2.70. The first-order valence-electron chi connectivity index (χ1n) is 8.48. The molecule has 7 nitrogen and oxygen atoms in total. The third-order valence-electron chi connectivity index (χ3n) is 4.33. The van der Waals surface area contributed by atoms with E-state index in [1.54, 1.807) is 36.4 Å². The van der Waals surface area contributed by atoms with Crippen molar-refractivity contribution < 1.29 is 28.6 Å². The minimum Gasteiger partial charge on any atom is -0.496 e. The van der Waals surface area contributed by atoms with E-state index in [2.05, 4.69) is 0 Å². The van der Waals surface area contributed by atoms with Gasteiger partial charge < -0.3 is 19.0 Å². The lowest BCUT2D eigenvalue weighted by Crippen LogP contribution is -2.15. The van der Waals surface area contributed by atoms with Crippen molar-refractivity contribution in [1.82, 2.24) is 0 Å². The third kappa shape index (κ3) is 3.88. The normalized spacial score (nSPS) is 10.6. The summed E-state index contributed by atoms with van der Waals surface area (Å²) in [5, 5.41) is 9.22. The Bertz CT molecular complexity index is 1090. The van der Waals surface area contributed by atoms with Crippen molar-refractivity contribution in [3.63, 3.8) is 0 Å². The molecule has 144 valence electrons. The Morgan fingerprint density at radius 1 is 1.04 bits per heavy atom. The Morgan fingerprint density at radius 3 is 2.36 bits per heavy atom. The number of fused-ring (bicyclic) bond motifs is 1. The maximum absolute atomic E-state index is 12.8. The van der Waals surface area contributed by atoms with Crippen LogP contribution in [-0.4, -0.2) is 31.1 Å². The minimum absolute atomic E-state index is 0.00477. The van der Waals surface area contributed by atoms with Crippen LogP contribution in [0, 0.1) is 0 Å². The van der Waals surface area contributed by atoms with Crippen molar-refractivity contribution in [2.75, 3.05) is 14.2 Å². The third-order valence-corrected chi connectivity index (χ3v) is 4.33. The molecule has 1 heterocycles. The summed E-state index contributed by atoms with van der Waals surface area (Å²) in [4.78, 5) is 35.8. The molecule has 0 fully saturated rings. The van der Waals surface area contributed by atoms with Crippen LogP contribution in [0.25, 0.3) is 11.0 Å². The van der Waals surface area contributed by atoms with Crippen LogP contribution >= 0.6 is 0 Å². The fourth-order valence-corrected chi connectivity index (χ4v) is 2.84. The zero-order valence-corrected chi connectivity index (χ0v) is 15.4. The van der Waals surface area contributed by atoms with Gasteiger partial charge in [-0.1, -0.05) is 24.3 Å². The van der Waals surface area contributed by atoms with Crippen LogP contribution in [0.3, 0.4) is 0 Å². The summed E-state index contributed by atoms with van der Waals surface area (Å²) >= 11 is 0. The van der Waals surface area contributed by atoms with Gasteiger partial charge in [0.2, 0.25) is 0 Å². The van der Waals surface area contributed by atoms with Crippen molar-refractivity contribution >= 4 is 22.7 Å². The van der Waals surface area contributed by atoms with Gasteiger partial charge in [0.1, 0.15) is 22.6 Å². The Kier molecular flexibility index (Phi) is 5.44. The van der Waals surface area contributed by atoms with Crippen LogP contribution in [0.1, 0.15) is 27.9 Å². The molecule has 0 spiro atoms. The average molecular weight is 382 g/mol. The molecule has 0 bridgehead atoms. The molecular formula is C21H18O7. The fraction of sp³-hybridized carbons (Fsp3) is 0.190. The maximum Gasteiger partial charge on any atom is 0.347 e. The van der Waals surface area contributed by atoms with Gasteiger partial charge in [0.25, 0.3) is 0 Å². The number of hydrogen-bond acceptors (Lipinski definition) is 6. The Morgan fingerprint density at radius 2 is 1.75 bits per heavy atom. The first-order chi connectivity index (χ1) is 13.4. The number of aryl methyl sites for hydroxylation is 1. The molecule has 2 aromatic carbocycles. The highest BCUT2D eigenvalue weighted by Gasteiger charge is 2.18. The van der Waals surface area contributed by atoms with Crippen LogP contribution in [0.2, 0.25) is 0 Å². The molecule has 0 aliphatic carbocycles. The highest BCUT2D eigenvalue weighted by atomic mass is 16.5. The molecule has 0 aliphatic rings. The zero-order chi connectivity index (χ0) is 20.3. The van der Waals surface area contributed by atoms with E-state index >= 15 is 0 Å². The van der Waals surface area contributed by atoms with E-state index < -0.39 is 17.4 Å². The summed E-state index contributed by atoms with van der Waals surface area (Å²) in [5.74, 6) is -0.502. The number of aliphatic carboxylic acids is 1. The molecule has 3 rings (SSSR count). The van der Waals surface area contributed by atoms with E-state index in [0.29, 0.717) is 28.9 Å². The molecule has 0 saturated heterocycles. The highest BCUT2D eigenvalue weighted by Crippen LogP contribution is 2.31. The molecule has 0 radical (unpaired) electrons. The summed E-state index contributed by atoms with van der Waals surface area (Å²) in [5.41, 5.74) is 0.468. The molecule has 0 unspecified atom stereocenters. The van der Waals surface area contributed by atoms with Gasteiger partial charge in [-0.25, -0.2) is 4.79 Å². The number of ether oxygens (including phenoxy) is 2. The summed E-state index contributed by atoms with van der Waals surface area (Å²) in [6, 6.07) is 11.1. The van der Waals surface area contributed by atoms with E-state index in [0.717, 1.165) is 5.56 Å². The molecule has 3 aromatic rings. The number of carboxylic acid groups (broad SMARTS) is 1. The van der Waals surface area contributed by atoms with Crippen molar-refractivity contribution in [3.8, 4) is 11.5 Å². The molecule has 0 atom stereocenters. The van der Waals surface area contributed by atoms with Crippen molar-refractivity contribution in [2.24, 2.45) is 0 Å². The smallest absolute Gasteiger partial charge is 0.347 e. The SMILES string of the molecule is COc1cc(OC)c2cc(C(=O)c3ccc(CCC(=O)O)cc3)c(=O)oc2c1. The molecule has 1 aromatic heterocycles. The molecule has 0 amide bonds. The van der Waals surface area contributed by atoms with Crippen LogP contribution in [0.15, 0.2) is 51.7 Å². The van der Waals surface area contributed by atoms with Crippen LogP contribution in [0.4, 0.5) is 0 Å². The number of carbonyl (C=O) groups is 2. The topological polar surface area (TPSA) is 103 Å². The van der Waals surface area contributed by atoms with Crippen LogP contribution in [-0.2, 0) is 11.2 Å². The summed E-state index contributed by atoms with van der Waals surface area (Å²) in [7, 11) is 2.95. The van der Waals surface area contributed by atoms with Gasteiger partial charge in [-0.3, -0.25) is 9.59 Å². The molecule has 0 saturated carbocycles. The summed E-state index contributed by atoms with van der Waals surface area (Å²) in [6.45, 7) is 0. The number of carboxylic acids is 1.